The monoisotopic (exact) mass is 460 g/mol. The van der Waals surface area contributed by atoms with Crippen LogP contribution in [-0.4, -0.2) is 41.9 Å². The van der Waals surface area contributed by atoms with Crippen LogP contribution in [0.2, 0.25) is 0 Å². The third-order valence-corrected chi connectivity index (χ3v) is 6.97. The molecule has 1 amide bonds. The molecule has 1 heterocycles. The molecule has 1 saturated heterocycles. The van der Waals surface area contributed by atoms with E-state index < -0.39 is 0 Å². The number of aryl methyl sites for hydroxylation is 2. The molecule has 3 heteroatoms. The molecule has 0 saturated carbocycles. The average Bonchev–Trinajstić information content (AvgIpc) is 2.94. The van der Waals surface area contributed by atoms with E-state index in [0.717, 1.165) is 50.1 Å². The number of amides is 1. The third-order valence-electron chi connectivity index (χ3n) is 6.97. The zero-order chi connectivity index (χ0) is 23.9. The van der Waals surface area contributed by atoms with Gasteiger partial charge in [-0.15, -0.1) is 0 Å². The molecule has 0 N–H and O–H groups in total. The van der Waals surface area contributed by atoms with Gasteiger partial charge in [0.25, 0.3) is 5.91 Å². The lowest BCUT2D eigenvalue weighted by atomic mass is 9.96. The van der Waals surface area contributed by atoms with E-state index in [2.05, 4.69) is 95.9 Å². The van der Waals surface area contributed by atoms with Crippen LogP contribution in [0.15, 0.2) is 115 Å². The van der Waals surface area contributed by atoms with Gasteiger partial charge in [0.05, 0.1) is 6.04 Å². The van der Waals surface area contributed by atoms with Crippen LogP contribution in [0.1, 0.15) is 38.7 Å². The van der Waals surface area contributed by atoms with Crippen LogP contribution in [0.25, 0.3) is 0 Å². The highest BCUT2D eigenvalue weighted by Crippen LogP contribution is 2.29. The highest BCUT2D eigenvalue weighted by atomic mass is 16.2. The first-order valence-corrected chi connectivity index (χ1v) is 12.5. The van der Waals surface area contributed by atoms with Gasteiger partial charge in [-0.2, -0.15) is 0 Å². The summed E-state index contributed by atoms with van der Waals surface area (Å²) < 4.78 is 0. The summed E-state index contributed by atoms with van der Waals surface area (Å²) in [4.78, 5) is 18.1. The van der Waals surface area contributed by atoms with Crippen molar-refractivity contribution in [1.29, 1.82) is 0 Å². The van der Waals surface area contributed by atoms with E-state index >= 15 is 0 Å². The molecule has 176 valence electrons. The SMILES string of the molecule is O=C(c1ccccc1CCc1ccccc1)N1CCN(C(c2ccccc2)c2ccccc2)CC1. The van der Waals surface area contributed by atoms with Crippen LogP contribution in [0.5, 0.6) is 0 Å². The van der Waals surface area contributed by atoms with Gasteiger partial charge in [-0.1, -0.05) is 109 Å². The van der Waals surface area contributed by atoms with Crippen molar-refractivity contribution in [3.8, 4) is 0 Å². The van der Waals surface area contributed by atoms with E-state index in [-0.39, 0.29) is 11.9 Å². The predicted molar refractivity (Wildman–Crippen MR) is 142 cm³/mol. The first-order valence-electron chi connectivity index (χ1n) is 12.5. The van der Waals surface area contributed by atoms with Crippen molar-refractivity contribution >= 4 is 5.91 Å². The minimum Gasteiger partial charge on any atom is -0.336 e. The number of carbonyl (C=O) groups is 1. The van der Waals surface area contributed by atoms with Crippen molar-refractivity contribution < 1.29 is 4.79 Å². The summed E-state index contributed by atoms with van der Waals surface area (Å²) in [7, 11) is 0. The number of hydrogen-bond donors (Lipinski definition) is 0. The normalized spacial score (nSPS) is 14.3. The maximum Gasteiger partial charge on any atom is 0.254 e. The Hall–Kier alpha value is -3.69. The Labute approximate surface area is 208 Å². The van der Waals surface area contributed by atoms with E-state index in [1.807, 2.05) is 29.2 Å². The minimum absolute atomic E-state index is 0.157. The summed E-state index contributed by atoms with van der Waals surface area (Å²) in [5.41, 5.74) is 5.88. The van der Waals surface area contributed by atoms with Crippen LogP contribution in [0.3, 0.4) is 0 Å². The van der Waals surface area contributed by atoms with E-state index in [4.69, 9.17) is 0 Å². The predicted octanol–water partition coefficient (Wildman–Crippen LogP) is 6.02. The van der Waals surface area contributed by atoms with Gasteiger partial charge in [-0.05, 0) is 41.2 Å². The van der Waals surface area contributed by atoms with Crippen molar-refractivity contribution in [3.63, 3.8) is 0 Å². The average molecular weight is 461 g/mol. The molecular weight excluding hydrogens is 428 g/mol. The fourth-order valence-corrected chi connectivity index (χ4v) is 5.11. The standard InChI is InChI=1S/C32H32N2O/c35-32(30-19-11-10-14-27(30)21-20-26-12-4-1-5-13-26)34-24-22-33(23-25-34)31(28-15-6-2-7-16-28)29-17-8-3-9-18-29/h1-19,31H,20-25H2. The topological polar surface area (TPSA) is 23.6 Å². The molecular formula is C32H32N2O. The first kappa shape index (κ1) is 23.1. The van der Waals surface area contributed by atoms with Crippen LogP contribution >= 0.6 is 0 Å². The maximum atomic E-state index is 13.6. The Balaban J connectivity index is 1.28. The van der Waals surface area contributed by atoms with E-state index in [0.29, 0.717) is 0 Å². The molecule has 35 heavy (non-hydrogen) atoms. The Morgan fingerprint density at radius 2 is 1.11 bits per heavy atom. The second-order valence-corrected chi connectivity index (χ2v) is 9.19. The summed E-state index contributed by atoms with van der Waals surface area (Å²) >= 11 is 0. The van der Waals surface area contributed by atoms with Crippen LogP contribution in [0, 0.1) is 0 Å². The zero-order valence-corrected chi connectivity index (χ0v) is 20.1. The third kappa shape index (κ3) is 5.52. The number of rotatable bonds is 7. The molecule has 3 nitrogen and oxygen atoms in total. The lowest BCUT2D eigenvalue weighted by Crippen LogP contribution is -2.50. The van der Waals surface area contributed by atoms with Crippen molar-refractivity contribution in [2.24, 2.45) is 0 Å². The number of carbonyl (C=O) groups excluding carboxylic acids is 1. The molecule has 0 aromatic heterocycles. The number of nitrogens with zero attached hydrogens (tertiary/aromatic N) is 2. The number of benzene rings is 4. The quantitative estimate of drug-likeness (QED) is 0.337. The minimum atomic E-state index is 0.157. The molecule has 1 fully saturated rings. The number of hydrogen-bond acceptors (Lipinski definition) is 2. The summed E-state index contributed by atoms with van der Waals surface area (Å²) in [6.45, 7) is 3.18. The van der Waals surface area contributed by atoms with Crippen molar-refractivity contribution in [2.75, 3.05) is 26.2 Å². The summed E-state index contributed by atoms with van der Waals surface area (Å²) in [5, 5.41) is 0. The van der Waals surface area contributed by atoms with Crippen LogP contribution < -0.4 is 0 Å². The molecule has 4 aromatic carbocycles. The Bertz CT molecular complexity index is 1180. The molecule has 1 aliphatic rings. The smallest absolute Gasteiger partial charge is 0.254 e. The maximum absolute atomic E-state index is 13.6. The van der Waals surface area contributed by atoms with Gasteiger partial charge in [0, 0.05) is 31.7 Å². The molecule has 4 aromatic rings. The van der Waals surface area contributed by atoms with E-state index in [1.54, 1.807) is 0 Å². The van der Waals surface area contributed by atoms with Crippen LogP contribution in [0.4, 0.5) is 0 Å². The Kier molecular flexibility index (Phi) is 7.35. The fraction of sp³-hybridized carbons (Fsp3) is 0.219. The molecule has 0 aliphatic carbocycles. The Morgan fingerprint density at radius 3 is 1.71 bits per heavy atom. The molecule has 0 radical (unpaired) electrons. The summed E-state index contributed by atoms with van der Waals surface area (Å²) in [6, 6.07) is 40.2. The van der Waals surface area contributed by atoms with Gasteiger partial charge < -0.3 is 4.90 Å². The van der Waals surface area contributed by atoms with E-state index in [9.17, 15) is 4.79 Å². The van der Waals surface area contributed by atoms with Crippen LogP contribution in [-0.2, 0) is 12.8 Å². The summed E-state index contributed by atoms with van der Waals surface area (Å²) in [5.74, 6) is 0.157. The largest absolute Gasteiger partial charge is 0.336 e. The molecule has 5 rings (SSSR count). The van der Waals surface area contributed by atoms with Gasteiger partial charge >= 0.3 is 0 Å². The van der Waals surface area contributed by atoms with Gasteiger partial charge in [-0.25, -0.2) is 0 Å². The van der Waals surface area contributed by atoms with Crippen molar-refractivity contribution in [2.45, 2.75) is 18.9 Å². The second-order valence-electron chi connectivity index (χ2n) is 9.19. The Morgan fingerprint density at radius 1 is 0.600 bits per heavy atom. The lowest BCUT2D eigenvalue weighted by Gasteiger charge is -2.40. The highest BCUT2D eigenvalue weighted by Gasteiger charge is 2.29. The molecule has 0 bridgehead atoms. The molecule has 0 unspecified atom stereocenters. The van der Waals surface area contributed by atoms with Crippen molar-refractivity contribution in [1.82, 2.24) is 9.80 Å². The van der Waals surface area contributed by atoms with Gasteiger partial charge in [0.2, 0.25) is 0 Å². The van der Waals surface area contributed by atoms with Gasteiger partial charge in [0.1, 0.15) is 0 Å². The molecule has 0 spiro atoms. The zero-order valence-electron chi connectivity index (χ0n) is 20.1. The van der Waals surface area contributed by atoms with Gasteiger partial charge in [0.15, 0.2) is 0 Å². The molecule has 0 atom stereocenters. The molecule has 1 aliphatic heterocycles. The van der Waals surface area contributed by atoms with E-state index in [1.165, 1.54) is 16.7 Å². The summed E-state index contributed by atoms with van der Waals surface area (Å²) in [6.07, 6.45) is 1.81. The fourth-order valence-electron chi connectivity index (χ4n) is 5.11. The second kappa shape index (κ2) is 11.2. The number of piperazine rings is 1. The highest BCUT2D eigenvalue weighted by molar-refractivity contribution is 5.95. The lowest BCUT2D eigenvalue weighted by molar-refractivity contribution is 0.0596. The first-order chi connectivity index (χ1) is 17.3. The van der Waals surface area contributed by atoms with Gasteiger partial charge in [-0.3, -0.25) is 9.69 Å². The van der Waals surface area contributed by atoms with Crippen molar-refractivity contribution in [3.05, 3.63) is 143 Å².